The third-order valence-electron chi connectivity index (χ3n) is 2.93. The molecule has 3 nitrogen and oxygen atoms in total. The normalized spacial score (nSPS) is 48.9. The van der Waals surface area contributed by atoms with E-state index in [1.54, 1.807) is 0 Å². The first-order valence-corrected chi connectivity index (χ1v) is 5.30. The number of rotatable bonds is 0. The van der Waals surface area contributed by atoms with Crippen molar-refractivity contribution in [1.29, 1.82) is 0 Å². The zero-order valence-corrected chi connectivity index (χ0v) is 8.95. The highest BCUT2D eigenvalue weighted by Gasteiger charge is 2.55. The molecular weight excluding hydrogens is 204 g/mol. The predicted molar refractivity (Wildman–Crippen MR) is 51.0 cm³/mol. The molecule has 2 saturated heterocycles. The van der Waals surface area contributed by atoms with Gasteiger partial charge < -0.3 is 14.2 Å². The van der Waals surface area contributed by atoms with Crippen molar-refractivity contribution in [2.75, 3.05) is 0 Å². The van der Waals surface area contributed by atoms with Crippen LogP contribution in [0.3, 0.4) is 0 Å². The van der Waals surface area contributed by atoms with Gasteiger partial charge in [-0.1, -0.05) is 11.6 Å². The summed E-state index contributed by atoms with van der Waals surface area (Å²) < 4.78 is 17.3. The maximum Gasteiger partial charge on any atom is 0.164 e. The summed E-state index contributed by atoms with van der Waals surface area (Å²) in [5.74, 6) is -0.479. The summed E-state index contributed by atoms with van der Waals surface area (Å²) >= 11 is 6.00. The monoisotopic (exact) mass is 216 g/mol. The first kappa shape index (κ1) is 9.16. The zero-order valence-electron chi connectivity index (χ0n) is 8.20. The molecule has 0 aliphatic carbocycles. The summed E-state index contributed by atoms with van der Waals surface area (Å²) in [6, 6.07) is 0. The topological polar surface area (TPSA) is 27.7 Å². The number of hydrogen-bond acceptors (Lipinski definition) is 3. The van der Waals surface area contributed by atoms with Crippen LogP contribution in [0, 0.1) is 0 Å². The first-order chi connectivity index (χ1) is 6.55. The molecule has 3 aliphatic heterocycles. The van der Waals surface area contributed by atoms with Crippen LogP contribution >= 0.6 is 11.6 Å². The lowest BCUT2D eigenvalue weighted by Crippen LogP contribution is -2.30. The van der Waals surface area contributed by atoms with Crippen LogP contribution in [0.4, 0.5) is 0 Å². The van der Waals surface area contributed by atoms with Crippen molar-refractivity contribution in [1.82, 2.24) is 0 Å². The van der Waals surface area contributed by atoms with E-state index < -0.39 is 5.79 Å². The Morgan fingerprint density at radius 3 is 2.86 bits per heavy atom. The average molecular weight is 217 g/mol. The Bertz CT molecular complexity index is 300. The first-order valence-electron chi connectivity index (χ1n) is 4.92. The van der Waals surface area contributed by atoms with Crippen molar-refractivity contribution >= 4 is 11.6 Å². The van der Waals surface area contributed by atoms with Crippen LogP contribution in [0.25, 0.3) is 0 Å². The summed E-state index contributed by atoms with van der Waals surface area (Å²) in [6.45, 7) is 3.87. The van der Waals surface area contributed by atoms with Crippen molar-refractivity contribution < 1.29 is 14.2 Å². The molecule has 0 N–H and O–H groups in total. The van der Waals surface area contributed by atoms with Gasteiger partial charge >= 0.3 is 0 Å². The Morgan fingerprint density at radius 2 is 2.07 bits per heavy atom. The lowest BCUT2D eigenvalue weighted by atomic mass is 10.1. The molecule has 0 radical (unpaired) electrons. The van der Waals surface area contributed by atoms with Crippen molar-refractivity contribution in [2.24, 2.45) is 0 Å². The Hall–Kier alpha value is -0.0900. The van der Waals surface area contributed by atoms with E-state index in [2.05, 4.69) is 0 Å². The maximum atomic E-state index is 6.00. The number of fused-ring (bicyclic) bond motifs is 5. The van der Waals surface area contributed by atoms with E-state index in [4.69, 9.17) is 25.8 Å². The lowest BCUT2D eigenvalue weighted by molar-refractivity contribution is -0.183. The van der Waals surface area contributed by atoms with Crippen molar-refractivity contribution in [2.45, 2.75) is 50.5 Å². The molecule has 14 heavy (non-hydrogen) atoms. The van der Waals surface area contributed by atoms with Gasteiger partial charge in [-0.15, -0.1) is 0 Å². The number of ether oxygens (including phenoxy) is 3. The fraction of sp³-hybridized carbons (Fsp3) is 0.800. The van der Waals surface area contributed by atoms with Gasteiger partial charge in [-0.2, -0.15) is 0 Å². The molecule has 0 aromatic heterocycles. The highest BCUT2D eigenvalue weighted by atomic mass is 35.5. The molecule has 0 unspecified atom stereocenters. The SMILES string of the molecule is CC1(C)O[C@@H]2[C@H](O1)[C@H]1C=C(Cl)C[C@@H]2O1. The van der Waals surface area contributed by atoms with Crippen LogP contribution < -0.4 is 0 Å². The third kappa shape index (κ3) is 1.23. The van der Waals surface area contributed by atoms with Gasteiger partial charge in [0.25, 0.3) is 0 Å². The fourth-order valence-electron chi connectivity index (χ4n) is 2.45. The molecule has 3 aliphatic rings. The second kappa shape index (κ2) is 2.73. The van der Waals surface area contributed by atoms with E-state index in [-0.39, 0.29) is 24.4 Å². The summed E-state index contributed by atoms with van der Waals surface area (Å²) in [5.41, 5.74) is 0. The quantitative estimate of drug-likeness (QED) is 0.618. The lowest BCUT2D eigenvalue weighted by Gasteiger charge is -2.25. The van der Waals surface area contributed by atoms with Crippen LogP contribution in [0.2, 0.25) is 0 Å². The summed E-state index contributed by atoms with van der Waals surface area (Å²) in [5, 5.41) is 0.866. The summed E-state index contributed by atoms with van der Waals surface area (Å²) in [6.07, 6.45) is 2.80. The van der Waals surface area contributed by atoms with Crippen LogP contribution in [0.1, 0.15) is 20.3 Å². The van der Waals surface area contributed by atoms with Gasteiger partial charge in [0, 0.05) is 11.5 Å². The molecule has 0 aromatic carbocycles. The Balaban J connectivity index is 1.90. The molecule has 3 heterocycles. The van der Waals surface area contributed by atoms with Gasteiger partial charge in [0.15, 0.2) is 5.79 Å². The van der Waals surface area contributed by atoms with Crippen LogP contribution in [0.5, 0.6) is 0 Å². The van der Waals surface area contributed by atoms with Crippen LogP contribution in [0.15, 0.2) is 11.1 Å². The fourth-order valence-corrected chi connectivity index (χ4v) is 2.73. The summed E-state index contributed by atoms with van der Waals surface area (Å²) in [7, 11) is 0. The second-order valence-electron chi connectivity index (χ2n) is 4.52. The molecule has 3 rings (SSSR count). The Labute approximate surface area is 88.0 Å². The third-order valence-corrected chi connectivity index (χ3v) is 3.21. The van der Waals surface area contributed by atoms with E-state index in [1.165, 1.54) is 0 Å². The summed E-state index contributed by atoms with van der Waals surface area (Å²) in [4.78, 5) is 0. The minimum atomic E-state index is -0.479. The number of hydrogen-bond donors (Lipinski definition) is 0. The molecule has 78 valence electrons. The van der Waals surface area contributed by atoms with E-state index in [0.29, 0.717) is 0 Å². The van der Waals surface area contributed by atoms with Crippen molar-refractivity contribution in [3.8, 4) is 0 Å². The van der Waals surface area contributed by atoms with E-state index >= 15 is 0 Å². The largest absolute Gasteiger partial charge is 0.365 e. The minimum absolute atomic E-state index is 0.0197. The smallest absolute Gasteiger partial charge is 0.164 e. The minimum Gasteiger partial charge on any atom is -0.365 e. The molecule has 0 amide bonds. The zero-order chi connectivity index (χ0) is 9.92. The standard InChI is InChI=1S/C10H13ClO3/c1-10(2)13-8-6-3-5(11)4-7(12-6)9(8)14-10/h3,6-9H,4H2,1-2H3/t6-,7+,8-,9+/m1/s1. The average Bonchev–Trinajstić information content (AvgIpc) is 2.49. The molecule has 4 atom stereocenters. The van der Waals surface area contributed by atoms with Gasteiger partial charge in [0.05, 0.1) is 6.10 Å². The van der Waals surface area contributed by atoms with Crippen molar-refractivity contribution in [3.63, 3.8) is 0 Å². The predicted octanol–water partition coefficient (Wildman–Crippen LogP) is 1.80. The van der Waals surface area contributed by atoms with E-state index in [9.17, 15) is 0 Å². The highest BCUT2D eigenvalue weighted by molar-refractivity contribution is 6.29. The Kier molecular flexibility index (Phi) is 1.78. The number of halogens is 1. The molecule has 2 fully saturated rings. The van der Waals surface area contributed by atoms with Crippen molar-refractivity contribution in [3.05, 3.63) is 11.1 Å². The molecule has 4 heteroatoms. The van der Waals surface area contributed by atoms with E-state index in [0.717, 1.165) is 11.5 Å². The van der Waals surface area contributed by atoms with Gasteiger partial charge in [0.1, 0.15) is 18.3 Å². The maximum absolute atomic E-state index is 6.00. The molecule has 2 bridgehead atoms. The Morgan fingerprint density at radius 1 is 1.36 bits per heavy atom. The molecule has 0 spiro atoms. The van der Waals surface area contributed by atoms with Gasteiger partial charge in [-0.05, 0) is 19.9 Å². The highest BCUT2D eigenvalue weighted by Crippen LogP contribution is 2.44. The van der Waals surface area contributed by atoms with Crippen LogP contribution in [-0.2, 0) is 14.2 Å². The molecule has 0 saturated carbocycles. The second-order valence-corrected chi connectivity index (χ2v) is 5.01. The van der Waals surface area contributed by atoms with Crippen LogP contribution in [-0.4, -0.2) is 30.2 Å². The van der Waals surface area contributed by atoms with Gasteiger partial charge in [-0.25, -0.2) is 0 Å². The molecule has 0 aromatic rings. The van der Waals surface area contributed by atoms with Gasteiger partial charge in [0.2, 0.25) is 0 Å². The molecular formula is C10H13ClO3. The van der Waals surface area contributed by atoms with Gasteiger partial charge in [-0.3, -0.25) is 0 Å². The van der Waals surface area contributed by atoms with E-state index in [1.807, 2.05) is 19.9 Å².